The highest BCUT2D eigenvalue weighted by molar-refractivity contribution is 6.30. The van der Waals surface area contributed by atoms with Crippen molar-refractivity contribution in [1.29, 1.82) is 0 Å². The van der Waals surface area contributed by atoms with Crippen LogP contribution in [0.1, 0.15) is 19.4 Å². The van der Waals surface area contributed by atoms with Crippen molar-refractivity contribution in [3.63, 3.8) is 0 Å². The summed E-state index contributed by atoms with van der Waals surface area (Å²) in [5, 5.41) is 0.326. The molecule has 1 aromatic heterocycles. The van der Waals surface area contributed by atoms with Gasteiger partial charge in [0.15, 0.2) is 0 Å². The Morgan fingerprint density at radius 2 is 2.20 bits per heavy atom. The Labute approximate surface area is 94.4 Å². The van der Waals surface area contributed by atoms with Gasteiger partial charge in [0.1, 0.15) is 11.1 Å². The van der Waals surface area contributed by atoms with Crippen LogP contribution in [0.2, 0.25) is 5.15 Å². The number of carbonyl (C=O) groups is 1. The van der Waals surface area contributed by atoms with E-state index in [-0.39, 0.29) is 11.9 Å². The van der Waals surface area contributed by atoms with E-state index in [1.807, 2.05) is 13.8 Å². The molecule has 0 saturated carbocycles. The fourth-order valence-corrected chi connectivity index (χ4v) is 1.57. The molecule has 0 unspecified atom stereocenters. The van der Waals surface area contributed by atoms with Crippen LogP contribution in [0.5, 0.6) is 0 Å². The molecule has 3 nitrogen and oxygen atoms in total. The second kappa shape index (κ2) is 5.12. The first-order chi connectivity index (χ1) is 7.07. The van der Waals surface area contributed by atoms with Gasteiger partial charge in [-0.15, -0.1) is 0 Å². The molecule has 1 rings (SSSR count). The van der Waals surface area contributed by atoms with Gasteiger partial charge in [-0.25, -0.2) is 4.98 Å². The number of hydrogen-bond acceptors (Lipinski definition) is 3. The Kier molecular flexibility index (Phi) is 4.09. The summed E-state index contributed by atoms with van der Waals surface area (Å²) in [7, 11) is 1.36. The molecule has 1 heterocycles. The molecule has 0 fully saturated rings. The number of pyridine rings is 1. The van der Waals surface area contributed by atoms with Crippen molar-refractivity contribution in [3.8, 4) is 0 Å². The molecule has 1 radical (unpaired) electrons. The molecule has 0 saturated heterocycles. The van der Waals surface area contributed by atoms with E-state index >= 15 is 0 Å². The molecule has 0 spiro atoms. The van der Waals surface area contributed by atoms with Crippen molar-refractivity contribution in [1.82, 2.24) is 4.98 Å². The molecule has 15 heavy (non-hydrogen) atoms. The molecule has 0 aliphatic rings. The summed E-state index contributed by atoms with van der Waals surface area (Å²) in [5.74, 6) is 0.231. The second-order valence-electron chi connectivity index (χ2n) is 3.40. The Bertz CT molecular complexity index is 352. The Balaban J connectivity index is 3.10. The molecule has 0 amide bonds. The lowest BCUT2D eigenvalue weighted by molar-refractivity contribution is -0.138. The third-order valence-corrected chi connectivity index (χ3v) is 2.33. The van der Waals surface area contributed by atoms with E-state index in [4.69, 9.17) is 16.3 Å². The highest BCUT2D eigenvalue weighted by Crippen LogP contribution is 2.28. The van der Waals surface area contributed by atoms with Crippen molar-refractivity contribution in [2.75, 3.05) is 7.11 Å². The predicted molar refractivity (Wildman–Crippen MR) is 58.4 cm³/mol. The maximum Gasteiger partial charge on any atom is 0.318 e. The topological polar surface area (TPSA) is 39.2 Å². The molecule has 0 aromatic carbocycles. The fraction of sp³-hybridized carbons (Fsp3) is 0.364. The summed E-state index contributed by atoms with van der Waals surface area (Å²) < 4.78 is 4.72. The zero-order chi connectivity index (χ0) is 11.4. The molecule has 1 aromatic rings. The maximum atomic E-state index is 11.6. The number of halogens is 1. The number of aromatic nitrogens is 1. The highest BCUT2D eigenvalue weighted by atomic mass is 35.5. The van der Waals surface area contributed by atoms with Crippen LogP contribution in [0.15, 0.2) is 18.3 Å². The van der Waals surface area contributed by atoms with Crippen LogP contribution in [0.25, 0.3) is 0 Å². The fourth-order valence-electron chi connectivity index (χ4n) is 1.35. The van der Waals surface area contributed by atoms with Crippen LogP contribution < -0.4 is 0 Å². The van der Waals surface area contributed by atoms with Crippen molar-refractivity contribution in [2.45, 2.75) is 13.8 Å². The lowest BCUT2D eigenvalue weighted by atomic mass is 9.89. The zero-order valence-corrected chi connectivity index (χ0v) is 9.71. The SMILES string of the molecule is COC(=O)[C](c1cccnc1Cl)C(C)C. The molecular weight excluding hydrogens is 214 g/mol. The molecule has 0 aliphatic heterocycles. The van der Waals surface area contributed by atoms with E-state index in [1.165, 1.54) is 7.11 Å². The van der Waals surface area contributed by atoms with E-state index in [2.05, 4.69) is 4.98 Å². The van der Waals surface area contributed by atoms with Crippen LogP contribution in [0, 0.1) is 11.8 Å². The maximum absolute atomic E-state index is 11.6. The van der Waals surface area contributed by atoms with E-state index in [1.54, 1.807) is 18.3 Å². The van der Waals surface area contributed by atoms with E-state index in [0.29, 0.717) is 16.6 Å². The molecule has 0 bridgehead atoms. The number of nitrogens with zero attached hydrogens (tertiary/aromatic N) is 1. The van der Waals surface area contributed by atoms with Crippen LogP contribution in [0.4, 0.5) is 0 Å². The lowest BCUT2D eigenvalue weighted by Gasteiger charge is -2.18. The number of methoxy groups -OCH3 is 1. The monoisotopic (exact) mass is 226 g/mol. The average Bonchev–Trinajstić information content (AvgIpc) is 2.20. The van der Waals surface area contributed by atoms with Crippen LogP contribution in [-0.2, 0) is 9.53 Å². The highest BCUT2D eigenvalue weighted by Gasteiger charge is 2.28. The number of ether oxygens (including phenoxy) is 1. The number of hydrogen-bond donors (Lipinski definition) is 0. The predicted octanol–water partition coefficient (Wildman–Crippen LogP) is 2.49. The van der Waals surface area contributed by atoms with Gasteiger partial charge in [0.2, 0.25) is 0 Å². The Morgan fingerprint density at radius 3 is 2.67 bits per heavy atom. The van der Waals surface area contributed by atoms with Gasteiger partial charge in [0, 0.05) is 11.8 Å². The number of esters is 1. The second-order valence-corrected chi connectivity index (χ2v) is 3.76. The van der Waals surface area contributed by atoms with Crippen molar-refractivity contribution in [3.05, 3.63) is 35.0 Å². The smallest absolute Gasteiger partial charge is 0.318 e. The van der Waals surface area contributed by atoms with Gasteiger partial charge in [-0.1, -0.05) is 31.5 Å². The third-order valence-electron chi connectivity index (χ3n) is 2.03. The molecule has 0 atom stereocenters. The first kappa shape index (κ1) is 12.0. The largest absolute Gasteiger partial charge is 0.468 e. The zero-order valence-electron chi connectivity index (χ0n) is 8.95. The Morgan fingerprint density at radius 1 is 1.53 bits per heavy atom. The summed E-state index contributed by atoms with van der Waals surface area (Å²) in [4.78, 5) is 15.5. The molecule has 0 N–H and O–H groups in total. The van der Waals surface area contributed by atoms with Crippen LogP contribution >= 0.6 is 11.6 Å². The first-order valence-electron chi connectivity index (χ1n) is 4.64. The average molecular weight is 227 g/mol. The summed E-state index contributed by atoms with van der Waals surface area (Å²) in [6.07, 6.45) is 1.58. The lowest BCUT2D eigenvalue weighted by Crippen LogP contribution is -2.21. The van der Waals surface area contributed by atoms with Crippen molar-refractivity contribution < 1.29 is 9.53 Å². The Hall–Kier alpha value is -1.09. The van der Waals surface area contributed by atoms with Gasteiger partial charge in [-0.3, -0.25) is 4.79 Å². The molecule has 0 aliphatic carbocycles. The summed E-state index contributed by atoms with van der Waals surface area (Å²) >= 11 is 5.92. The van der Waals surface area contributed by atoms with Crippen LogP contribution in [-0.4, -0.2) is 18.1 Å². The van der Waals surface area contributed by atoms with Gasteiger partial charge in [0.25, 0.3) is 0 Å². The molecule has 81 valence electrons. The van der Waals surface area contributed by atoms with Crippen LogP contribution in [0.3, 0.4) is 0 Å². The number of carbonyl (C=O) groups excluding carboxylic acids is 1. The minimum absolute atomic E-state index is 0.0409. The van der Waals surface area contributed by atoms with Crippen molar-refractivity contribution >= 4 is 17.6 Å². The summed E-state index contributed by atoms with van der Waals surface area (Å²) in [5.41, 5.74) is 0.640. The van der Waals surface area contributed by atoms with Gasteiger partial charge in [-0.05, 0) is 12.0 Å². The number of rotatable bonds is 3. The quantitative estimate of drug-likeness (QED) is 0.587. The summed E-state index contributed by atoms with van der Waals surface area (Å²) in [6, 6.07) is 3.51. The summed E-state index contributed by atoms with van der Waals surface area (Å²) in [6.45, 7) is 3.82. The standard InChI is InChI=1S/C11H13ClNO2/c1-7(2)9(11(14)15-3)8-5-4-6-13-10(8)12/h4-7H,1-3H3. The van der Waals surface area contributed by atoms with Gasteiger partial charge < -0.3 is 4.74 Å². The molecular formula is C11H13ClNO2. The van der Waals surface area contributed by atoms with E-state index in [9.17, 15) is 4.79 Å². The van der Waals surface area contributed by atoms with Gasteiger partial charge in [-0.2, -0.15) is 0 Å². The van der Waals surface area contributed by atoms with Gasteiger partial charge >= 0.3 is 5.97 Å². The minimum Gasteiger partial charge on any atom is -0.468 e. The van der Waals surface area contributed by atoms with Crippen molar-refractivity contribution in [2.24, 2.45) is 5.92 Å². The third kappa shape index (κ3) is 2.69. The normalized spacial score (nSPS) is 10.8. The van der Waals surface area contributed by atoms with E-state index in [0.717, 1.165) is 0 Å². The minimum atomic E-state index is -0.361. The van der Waals surface area contributed by atoms with E-state index < -0.39 is 0 Å². The first-order valence-corrected chi connectivity index (χ1v) is 5.01. The van der Waals surface area contributed by atoms with Gasteiger partial charge in [0.05, 0.1) is 7.11 Å². The molecule has 4 heteroatoms.